The molecule has 0 bridgehead atoms. The van der Waals surface area contributed by atoms with Crippen LogP contribution in [-0.4, -0.2) is 29.9 Å². The Morgan fingerprint density at radius 1 is 1.45 bits per heavy atom. The number of nitriles is 1. The zero-order valence-corrected chi connectivity index (χ0v) is 10.6. The number of nitrogens with zero attached hydrogens (tertiary/aromatic N) is 1. The van der Waals surface area contributed by atoms with Crippen LogP contribution in [0.2, 0.25) is 0 Å². The fourth-order valence-corrected chi connectivity index (χ4v) is 1.37. The van der Waals surface area contributed by atoms with Crippen LogP contribution in [0.1, 0.15) is 12.5 Å². The number of rotatable bonds is 4. The highest BCUT2D eigenvalue weighted by Crippen LogP contribution is 2.35. The molecule has 0 aliphatic rings. The first-order chi connectivity index (χ1) is 9.15. The van der Waals surface area contributed by atoms with E-state index in [4.69, 9.17) is 15.1 Å². The van der Waals surface area contributed by atoms with Gasteiger partial charge in [0.05, 0.1) is 18.4 Å². The fourth-order valence-electron chi connectivity index (χ4n) is 1.37. The first kappa shape index (κ1) is 15.6. The first-order valence-corrected chi connectivity index (χ1v) is 5.32. The summed E-state index contributed by atoms with van der Waals surface area (Å²) >= 11 is 0. The predicted octanol–water partition coefficient (Wildman–Crippen LogP) is 2.38. The molecule has 1 unspecified atom stereocenters. The molecule has 1 aromatic rings. The van der Waals surface area contributed by atoms with E-state index in [0.717, 1.165) is 6.07 Å². The second kappa shape index (κ2) is 5.28. The summed E-state index contributed by atoms with van der Waals surface area (Å²) in [5.41, 5.74) is -3.61. The largest absolute Gasteiger partial charge is 0.497 e. The zero-order chi connectivity index (χ0) is 15.6. The molecule has 0 fully saturated rings. The maximum Gasteiger partial charge on any atom is 0.422 e. The van der Waals surface area contributed by atoms with Crippen molar-refractivity contribution in [3.8, 4) is 11.8 Å². The summed E-state index contributed by atoms with van der Waals surface area (Å²) in [5, 5.41) is 19.5. The molecule has 0 amide bonds. The van der Waals surface area contributed by atoms with E-state index in [0.29, 0.717) is 6.92 Å². The maximum atomic E-state index is 12.9. The van der Waals surface area contributed by atoms with Crippen molar-refractivity contribution in [2.24, 2.45) is 0 Å². The number of methoxy groups -OCH3 is 1. The van der Waals surface area contributed by atoms with Crippen LogP contribution in [0.4, 0.5) is 18.9 Å². The number of ether oxygens (including phenoxy) is 1. The number of carbonyl (C=O) groups is 1. The number of carboxylic acids is 1. The van der Waals surface area contributed by atoms with Crippen LogP contribution in [0.25, 0.3) is 0 Å². The van der Waals surface area contributed by atoms with E-state index in [-0.39, 0.29) is 17.0 Å². The minimum absolute atomic E-state index is 0.123. The Hall–Kier alpha value is -2.43. The molecule has 1 rings (SSSR count). The first-order valence-electron chi connectivity index (χ1n) is 5.32. The molecule has 0 aromatic heterocycles. The van der Waals surface area contributed by atoms with Crippen LogP contribution in [0.15, 0.2) is 18.2 Å². The van der Waals surface area contributed by atoms with Gasteiger partial charge in [-0.05, 0) is 19.1 Å². The van der Waals surface area contributed by atoms with Crippen LogP contribution in [0, 0.1) is 11.3 Å². The third-order valence-electron chi connectivity index (χ3n) is 2.73. The molecule has 5 nitrogen and oxygen atoms in total. The number of alkyl halides is 3. The molecule has 0 spiro atoms. The molecule has 0 saturated heterocycles. The zero-order valence-electron chi connectivity index (χ0n) is 10.6. The van der Waals surface area contributed by atoms with Gasteiger partial charge in [0.2, 0.25) is 5.54 Å². The topological polar surface area (TPSA) is 82.3 Å². The molecule has 2 N–H and O–H groups in total. The lowest BCUT2D eigenvalue weighted by atomic mass is 10.0. The number of benzene rings is 1. The van der Waals surface area contributed by atoms with E-state index in [1.54, 1.807) is 6.07 Å². The Kier molecular flexibility index (Phi) is 4.13. The number of hydrogen-bond acceptors (Lipinski definition) is 4. The average Bonchev–Trinajstić information content (AvgIpc) is 2.36. The number of nitrogens with one attached hydrogen (secondary N) is 1. The molecule has 20 heavy (non-hydrogen) atoms. The molecule has 0 radical (unpaired) electrons. The van der Waals surface area contributed by atoms with Gasteiger partial charge in [-0.2, -0.15) is 18.4 Å². The van der Waals surface area contributed by atoms with Gasteiger partial charge in [-0.25, -0.2) is 4.79 Å². The van der Waals surface area contributed by atoms with Crippen LogP contribution in [0.5, 0.6) is 5.75 Å². The number of halogens is 3. The van der Waals surface area contributed by atoms with Gasteiger partial charge in [0, 0.05) is 6.07 Å². The summed E-state index contributed by atoms with van der Waals surface area (Å²) in [7, 11) is 1.30. The van der Waals surface area contributed by atoms with Crippen molar-refractivity contribution in [1.29, 1.82) is 5.26 Å². The van der Waals surface area contributed by atoms with Gasteiger partial charge in [0.25, 0.3) is 0 Å². The molecular formula is C12H11F3N2O3. The summed E-state index contributed by atoms with van der Waals surface area (Å²) in [5.74, 6) is -1.90. The molecule has 0 heterocycles. The molecule has 1 aromatic carbocycles. The Bertz CT molecular complexity index is 566. The fraction of sp³-hybridized carbons (Fsp3) is 0.333. The minimum Gasteiger partial charge on any atom is -0.497 e. The molecule has 8 heteroatoms. The van der Waals surface area contributed by atoms with Crippen LogP contribution in [0.3, 0.4) is 0 Å². The molecular weight excluding hydrogens is 277 g/mol. The number of anilines is 1. The maximum absolute atomic E-state index is 12.9. The summed E-state index contributed by atoms with van der Waals surface area (Å²) < 4.78 is 43.5. The smallest absolute Gasteiger partial charge is 0.422 e. The van der Waals surface area contributed by atoms with Gasteiger partial charge in [-0.15, -0.1) is 0 Å². The highest BCUT2D eigenvalue weighted by molar-refractivity contribution is 5.84. The summed E-state index contributed by atoms with van der Waals surface area (Å²) in [6, 6.07) is 5.43. The van der Waals surface area contributed by atoms with Gasteiger partial charge in [0.1, 0.15) is 11.8 Å². The van der Waals surface area contributed by atoms with E-state index in [2.05, 4.69) is 0 Å². The Labute approximate surface area is 112 Å². The Morgan fingerprint density at radius 2 is 2.05 bits per heavy atom. The van der Waals surface area contributed by atoms with E-state index in [9.17, 15) is 18.0 Å². The number of hydrogen-bond donors (Lipinski definition) is 2. The van der Waals surface area contributed by atoms with Gasteiger partial charge < -0.3 is 15.2 Å². The number of aliphatic carboxylic acids is 1. The van der Waals surface area contributed by atoms with Gasteiger partial charge in [0.15, 0.2) is 0 Å². The second-order valence-corrected chi connectivity index (χ2v) is 4.08. The normalized spacial score (nSPS) is 14.0. The minimum atomic E-state index is -5.05. The third-order valence-corrected chi connectivity index (χ3v) is 2.73. The van der Waals surface area contributed by atoms with E-state index in [1.165, 1.54) is 19.2 Å². The quantitative estimate of drug-likeness (QED) is 0.889. The van der Waals surface area contributed by atoms with Crippen molar-refractivity contribution >= 4 is 11.7 Å². The molecule has 0 aliphatic heterocycles. The predicted molar refractivity (Wildman–Crippen MR) is 63.4 cm³/mol. The van der Waals surface area contributed by atoms with Crippen molar-refractivity contribution in [2.75, 3.05) is 12.4 Å². The molecule has 108 valence electrons. The summed E-state index contributed by atoms with van der Waals surface area (Å²) in [4.78, 5) is 10.9. The SMILES string of the molecule is COc1ccc(C#N)c(NC(C)(C(=O)O)C(F)(F)F)c1. The molecule has 0 saturated carbocycles. The lowest BCUT2D eigenvalue weighted by Crippen LogP contribution is -2.55. The van der Waals surface area contributed by atoms with Crippen molar-refractivity contribution < 1.29 is 27.8 Å². The highest BCUT2D eigenvalue weighted by Gasteiger charge is 2.57. The van der Waals surface area contributed by atoms with E-state index < -0.39 is 17.7 Å². The van der Waals surface area contributed by atoms with E-state index >= 15 is 0 Å². The number of carboxylic acid groups (broad SMARTS) is 1. The standard InChI is InChI=1S/C12H11F3N2O3/c1-11(10(18)19,12(13,14)15)17-9-5-8(20-2)4-3-7(9)6-16/h3-5,17H,1-2H3,(H,18,19). The molecule has 1 atom stereocenters. The van der Waals surface area contributed by atoms with Gasteiger partial charge in [-0.1, -0.05) is 0 Å². The van der Waals surface area contributed by atoms with Crippen LogP contribution >= 0.6 is 0 Å². The van der Waals surface area contributed by atoms with Crippen molar-refractivity contribution in [2.45, 2.75) is 18.6 Å². The third kappa shape index (κ3) is 2.77. The average molecular weight is 288 g/mol. The monoisotopic (exact) mass is 288 g/mol. The summed E-state index contributed by atoms with van der Waals surface area (Å²) in [6.45, 7) is 0.482. The van der Waals surface area contributed by atoms with Gasteiger partial charge in [-0.3, -0.25) is 0 Å². The summed E-state index contributed by atoms with van der Waals surface area (Å²) in [6.07, 6.45) is -5.05. The highest BCUT2D eigenvalue weighted by atomic mass is 19.4. The Balaban J connectivity index is 3.32. The second-order valence-electron chi connectivity index (χ2n) is 4.08. The van der Waals surface area contributed by atoms with E-state index in [1.807, 2.05) is 5.32 Å². The lowest BCUT2D eigenvalue weighted by molar-refractivity contribution is -0.192. The van der Waals surface area contributed by atoms with Crippen LogP contribution in [-0.2, 0) is 4.79 Å². The van der Waals surface area contributed by atoms with Gasteiger partial charge >= 0.3 is 12.1 Å². The van der Waals surface area contributed by atoms with Crippen molar-refractivity contribution in [3.05, 3.63) is 23.8 Å². The van der Waals surface area contributed by atoms with Crippen molar-refractivity contribution in [3.63, 3.8) is 0 Å². The lowest BCUT2D eigenvalue weighted by Gasteiger charge is -2.30. The van der Waals surface area contributed by atoms with Crippen molar-refractivity contribution in [1.82, 2.24) is 0 Å². The van der Waals surface area contributed by atoms with Crippen LogP contribution < -0.4 is 10.1 Å². The molecule has 0 aliphatic carbocycles. The Morgan fingerprint density at radius 3 is 2.45 bits per heavy atom.